The number of allylic oxidation sites excluding steroid dienone is 4. The summed E-state index contributed by atoms with van der Waals surface area (Å²) >= 11 is 0. The molecule has 6 aromatic rings. The third-order valence-corrected chi connectivity index (χ3v) is 15.8. The van der Waals surface area contributed by atoms with Crippen molar-refractivity contribution in [1.82, 2.24) is 0 Å². The Hall–Kier alpha value is -6.06. The highest BCUT2D eigenvalue weighted by molar-refractivity contribution is 6.85. The maximum absolute atomic E-state index is 2.72. The van der Waals surface area contributed by atoms with Gasteiger partial charge in [0, 0.05) is 39.0 Å². The Morgan fingerprint density at radius 1 is 0.508 bits per heavy atom. The summed E-state index contributed by atoms with van der Waals surface area (Å²) in [6, 6.07) is 57.4. The van der Waals surface area contributed by atoms with Gasteiger partial charge in [-0.15, -0.1) is 0 Å². The van der Waals surface area contributed by atoms with Crippen LogP contribution in [0.1, 0.15) is 102 Å². The van der Waals surface area contributed by atoms with Gasteiger partial charge in [-0.05, 0) is 111 Å². The van der Waals surface area contributed by atoms with Crippen LogP contribution < -0.4 is 15.3 Å². The van der Waals surface area contributed by atoms with Gasteiger partial charge >= 0.3 is 0 Å². The molecule has 10 rings (SSSR count). The summed E-state index contributed by atoms with van der Waals surface area (Å²) < 4.78 is 0. The summed E-state index contributed by atoms with van der Waals surface area (Å²) in [6.45, 7) is 23.8. The minimum Gasteiger partial charge on any atom is -0.335 e. The molecule has 3 atom stereocenters. The molecule has 0 aromatic heterocycles. The highest BCUT2D eigenvalue weighted by Crippen LogP contribution is 2.53. The molecule has 0 saturated heterocycles. The van der Waals surface area contributed by atoms with E-state index >= 15 is 0 Å². The van der Waals surface area contributed by atoms with E-state index in [0.29, 0.717) is 0 Å². The molecular weight excluding hydrogens is 784 g/mol. The molecule has 0 N–H and O–H groups in total. The monoisotopic (exact) mass is 849 g/mol. The van der Waals surface area contributed by atoms with Crippen LogP contribution in [-0.2, 0) is 16.2 Å². The van der Waals surface area contributed by atoms with Gasteiger partial charge in [0.1, 0.15) is 0 Å². The molecule has 3 heteroatoms. The maximum atomic E-state index is 2.72. The molecular formula is C62H65BN2. The first-order chi connectivity index (χ1) is 31.0. The van der Waals surface area contributed by atoms with E-state index in [2.05, 4.69) is 261 Å². The van der Waals surface area contributed by atoms with Crippen LogP contribution in [0.5, 0.6) is 0 Å². The van der Waals surface area contributed by atoms with Crippen molar-refractivity contribution in [3.63, 3.8) is 0 Å². The quantitative estimate of drug-likeness (QED) is 0.141. The lowest BCUT2D eigenvalue weighted by Crippen LogP contribution is -2.61. The summed E-state index contributed by atoms with van der Waals surface area (Å²) in [5.41, 5.74) is 18.5. The predicted octanol–water partition coefficient (Wildman–Crippen LogP) is 15.1. The number of hydrogen-bond donors (Lipinski definition) is 0. The van der Waals surface area contributed by atoms with Crippen LogP contribution >= 0.6 is 0 Å². The van der Waals surface area contributed by atoms with Crippen molar-refractivity contribution in [2.75, 3.05) is 9.80 Å². The molecule has 2 heterocycles. The number of benzene rings is 6. The van der Waals surface area contributed by atoms with Gasteiger partial charge in [0.15, 0.2) is 0 Å². The molecule has 0 fully saturated rings. The van der Waals surface area contributed by atoms with Gasteiger partial charge in [0.25, 0.3) is 0 Å². The molecule has 2 nitrogen and oxygen atoms in total. The van der Waals surface area contributed by atoms with Gasteiger partial charge < -0.3 is 9.80 Å². The smallest absolute Gasteiger partial charge is 0.221 e. The highest BCUT2D eigenvalue weighted by Gasteiger charge is 2.53. The van der Waals surface area contributed by atoms with Crippen LogP contribution in [0.3, 0.4) is 0 Å². The summed E-state index contributed by atoms with van der Waals surface area (Å²) in [4.78, 5) is 5.41. The van der Waals surface area contributed by atoms with Crippen LogP contribution in [0.2, 0.25) is 5.82 Å². The van der Waals surface area contributed by atoms with E-state index in [1.54, 1.807) is 0 Å². The molecule has 65 heavy (non-hydrogen) atoms. The Morgan fingerprint density at radius 2 is 0.954 bits per heavy atom. The maximum Gasteiger partial charge on any atom is 0.221 e. The summed E-state index contributed by atoms with van der Waals surface area (Å²) in [7, 11) is 0. The Morgan fingerprint density at radius 3 is 1.45 bits per heavy atom. The van der Waals surface area contributed by atoms with Crippen molar-refractivity contribution in [3.05, 3.63) is 232 Å². The number of nitrogens with zero attached hydrogens (tertiary/aromatic N) is 2. The second-order valence-corrected chi connectivity index (χ2v) is 21.9. The van der Waals surface area contributed by atoms with E-state index in [1.165, 1.54) is 78.2 Å². The Bertz CT molecular complexity index is 2850. The zero-order chi connectivity index (χ0) is 45.5. The summed E-state index contributed by atoms with van der Waals surface area (Å²) in [5, 5.41) is 0. The van der Waals surface area contributed by atoms with E-state index in [-0.39, 0.29) is 46.3 Å². The van der Waals surface area contributed by atoms with Crippen LogP contribution in [0, 0.1) is 12.3 Å². The standard InChI is InChI=1S/C62H65BN2/c1-42-38-56-58-57(39-42)65(51-34-28-47(29-35-51)61(7,8)44-22-16-12-17-23-44)55-37-31-49(62(9,10)45-24-18-13-19-25-45)41-53(55)63(58)52-40-48(59(2,3)4)30-36-54(52)64(56)50-32-26-46(27-33-50)60(5,6)43-20-14-11-15-21-43/h11-36,38-41,52,54-55H,37H2,1-10H3. The molecule has 0 bridgehead atoms. The minimum absolute atomic E-state index is 0.0179. The first-order valence-corrected chi connectivity index (χ1v) is 24.0. The molecule has 2 aliphatic carbocycles. The minimum atomic E-state index is -0.153. The first kappa shape index (κ1) is 42.9. The van der Waals surface area contributed by atoms with E-state index < -0.39 is 0 Å². The van der Waals surface area contributed by atoms with Gasteiger partial charge in [0.05, 0.1) is 12.1 Å². The number of rotatable bonds is 8. The van der Waals surface area contributed by atoms with E-state index in [4.69, 9.17) is 0 Å². The number of hydrogen-bond acceptors (Lipinski definition) is 2. The second-order valence-electron chi connectivity index (χ2n) is 21.9. The average Bonchev–Trinajstić information content (AvgIpc) is 3.31. The van der Waals surface area contributed by atoms with Gasteiger partial charge in [0.2, 0.25) is 6.71 Å². The molecule has 3 unspecified atom stereocenters. The largest absolute Gasteiger partial charge is 0.335 e. The topological polar surface area (TPSA) is 6.48 Å². The predicted molar refractivity (Wildman–Crippen MR) is 279 cm³/mol. The summed E-state index contributed by atoms with van der Waals surface area (Å²) in [6.07, 6.45) is 13.8. The van der Waals surface area contributed by atoms with Gasteiger partial charge in [-0.3, -0.25) is 0 Å². The fraction of sp³-hybridized carbons (Fsp3) is 0.290. The molecule has 0 saturated carbocycles. The Balaban J connectivity index is 1.18. The molecule has 4 aliphatic rings. The van der Waals surface area contributed by atoms with Crippen molar-refractivity contribution < 1.29 is 0 Å². The normalized spacial score (nSPS) is 19.4. The number of anilines is 4. The third kappa shape index (κ3) is 7.27. The van der Waals surface area contributed by atoms with Gasteiger partial charge in [-0.25, -0.2) is 0 Å². The van der Waals surface area contributed by atoms with Gasteiger partial charge in [-0.2, -0.15) is 0 Å². The van der Waals surface area contributed by atoms with E-state index in [1.807, 2.05) is 0 Å². The van der Waals surface area contributed by atoms with Crippen molar-refractivity contribution in [2.45, 2.75) is 110 Å². The van der Waals surface area contributed by atoms with E-state index in [9.17, 15) is 0 Å². The molecule has 0 amide bonds. The third-order valence-electron chi connectivity index (χ3n) is 15.8. The average molecular weight is 849 g/mol. The number of aryl methyl sites for hydroxylation is 1. The fourth-order valence-electron chi connectivity index (χ4n) is 11.6. The molecule has 0 radical (unpaired) electrons. The second kappa shape index (κ2) is 15.8. The molecule has 0 spiro atoms. The number of fused-ring (bicyclic) bond motifs is 4. The zero-order valence-corrected chi connectivity index (χ0v) is 40.2. The molecule has 6 aromatic carbocycles. The Labute approximate surface area is 390 Å². The van der Waals surface area contributed by atoms with Crippen LogP contribution in [0.4, 0.5) is 22.7 Å². The molecule has 2 aliphatic heterocycles. The van der Waals surface area contributed by atoms with Crippen molar-refractivity contribution in [2.24, 2.45) is 5.41 Å². The van der Waals surface area contributed by atoms with Crippen molar-refractivity contribution in [1.29, 1.82) is 0 Å². The van der Waals surface area contributed by atoms with Gasteiger partial charge in [-0.1, -0.05) is 213 Å². The lowest BCUT2D eigenvalue weighted by Gasteiger charge is -2.54. The lowest BCUT2D eigenvalue weighted by atomic mass is 9.27. The van der Waals surface area contributed by atoms with Crippen LogP contribution in [0.25, 0.3) is 0 Å². The first-order valence-electron chi connectivity index (χ1n) is 24.0. The highest BCUT2D eigenvalue weighted by atomic mass is 15.2. The van der Waals surface area contributed by atoms with Crippen molar-refractivity contribution in [3.8, 4) is 0 Å². The lowest BCUT2D eigenvalue weighted by molar-refractivity contribution is 0.509. The zero-order valence-electron chi connectivity index (χ0n) is 40.2. The van der Waals surface area contributed by atoms with Crippen LogP contribution in [0.15, 0.2) is 199 Å². The summed E-state index contributed by atoms with van der Waals surface area (Å²) in [5.74, 6) is 0.229. The van der Waals surface area contributed by atoms with Crippen molar-refractivity contribution >= 4 is 34.9 Å². The van der Waals surface area contributed by atoms with Crippen LogP contribution in [-0.4, -0.2) is 18.8 Å². The fourth-order valence-corrected chi connectivity index (χ4v) is 11.6. The molecule has 326 valence electrons. The van der Waals surface area contributed by atoms with E-state index in [0.717, 1.165) is 6.42 Å². The Kier molecular flexibility index (Phi) is 10.4. The SMILES string of the molecule is Cc1cc2c3c(c1)N(c1ccc(C(C)(C)c4ccccc4)cc1)C1C=CC(C(C)(C)C)=CC1B3C1=CC(C(C)(C)c3ccccc3)=CCC1N2c1ccc(C(C)(C)c2ccccc2)cc1.